The first-order valence-corrected chi connectivity index (χ1v) is 13.0. The van der Waals surface area contributed by atoms with E-state index in [9.17, 15) is 13.2 Å². The monoisotopic (exact) mass is 529 g/mol. The Bertz CT molecular complexity index is 1740. The van der Waals surface area contributed by atoms with Crippen LogP contribution in [0.2, 0.25) is 0 Å². The van der Waals surface area contributed by atoms with Crippen LogP contribution < -0.4 is 15.8 Å². The van der Waals surface area contributed by atoms with E-state index in [2.05, 4.69) is 20.7 Å². The average Bonchev–Trinajstić information content (AvgIpc) is 3.37. The molecule has 5 aromatic rings. The fourth-order valence-electron chi connectivity index (χ4n) is 3.95. The molecule has 12 heteroatoms. The van der Waals surface area contributed by atoms with Crippen LogP contribution >= 0.6 is 0 Å². The lowest BCUT2D eigenvalue weighted by atomic mass is 10.1. The number of pyridine rings is 1. The number of carbonyl (C=O) groups is 1. The van der Waals surface area contributed by atoms with Gasteiger partial charge in [-0.05, 0) is 29.3 Å². The van der Waals surface area contributed by atoms with Gasteiger partial charge in [-0.2, -0.15) is 0 Å². The number of nitrogens with two attached hydrogens (primary N) is 1. The number of methoxy groups -OCH3 is 1. The molecule has 0 aliphatic heterocycles. The summed E-state index contributed by atoms with van der Waals surface area (Å²) in [5.41, 5.74) is 4.35. The molecule has 0 radical (unpaired) electrons. The van der Waals surface area contributed by atoms with Crippen molar-refractivity contribution < 1.29 is 17.9 Å². The summed E-state index contributed by atoms with van der Waals surface area (Å²) in [4.78, 5) is 20.4. The predicted octanol–water partition coefficient (Wildman–Crippen LogP) is 3.90. The molecule has 0 spiro atoms. The van der Waals surface area contributed by atoms with E-state index < -0.39 is 16.1 Å². The van der Waals surface area contributed by atoms with Crippen molar-refractivity contribution >= 4 is 33.1 Å². The molecule has 0 bridgehead atoms. The normalized spacial score (nSPS) is 11.3. The highest BCUT2D eigenvalue weighted by atomic mass is 32.2. The van der Waals surface area contributed by atoms with E-state index in [0.717, 1.165) is 16.7 Å². The van der Waals surface area contributed by atoms with Gasteiger partial charge in [-0.15, -0.1) is 5.10 Å². The number of amides is 1. The largest absolute Gasteiger partial charge is 0.453 e. The number of anilines is 2. The second-order valence-corrected chi connectivity index (χ2v) is 9.82. The van der Waals surface area contributed by atoms with Gasteiger partial charge in [0.1, 0.15) is 10.4 Å². The Morgan fingerprint density at radius 3 is 2.55 bits per heavy atom. The molecule has 3 aromatic heterocycles. The Kier molecular flexibility index (Phi) is 6.73. The fourth-order valence-corrected chi connectivity index (χ4v) is 4.45. The van der Waals surface area contributed by atoms with Crippen LogP contribution in [0.15, 0.2) is 90.2 Å². The highest BCUT2D eigenvalue weighted by molar-refractivity contribution is 7.89. The zero-order valence-corrected chi connectivity index (χ0v) is 21.0. The number of carbonyl (C=O) groups excluding carboxylic acids is 1. The van der Waals surface area contributed by atoms with Gasteiger partial charge in [-0.25, -0.2) is 27.9 Å². The molecule has 0 atom stereocenters. The lowest BCUT2D eigenvalue weighted by Gasteiger charge is -2.14. The van der Waals surface area contributed by atoms with Gasteiger partial charge in [0.25, 0.3) is 0 Å². The van der Waals surface area contributed by atoms with Gasteiger partial charge in [0, 0.05) is 41.9 Å². The summed E-state index contributed by atoms with van der Waals surface area (Å²) in [6.45, 7) is 0.307. The van der Waals surface area contributed by atoms with Crippen molar-refractivity contribution in [2.75, 3.05) is 17.7 Å². The number of rotatable bonds is 7. The summed E-state index contributed by atoms with van der Waals surface area (Å²) in [5.74, 6) is 0.738. The van der Waals surface area contributed by atoms with Gasteiger partial charge in [0.05, 0.1) is 7.11 Å². The van der Waals surface area contributed by atoms with E-state index in [1.165, 1.54) is 25.6 Å². The van der Waals surface area contributed by atoms with E-state index in [1.807, 2.05) is 54.6 Å². The molecule has 2 aromatic carbocycles. The van der Waals surface area contributed by atoms with E-state index >= 15 is 0 Å². The van der Waals surface area contributed by atoms with Crippen molar-refractivity contribution in [3.8, 4) is 22.5 Å². The molecule has 11 nitrogen and oxygen atoms in total. The van der Waals surface area contributed by atoms with Gasteiger partial charge in [-0.3, -0.25) is 10.3 Å². The van der Waals surface area contributed by atoms with Gasteiger partial charge < -0.3 is 10.1 Å². The van der Waals surface area contributed by atoms with Crippen molar-refractivity contribution in [1.29, 1.82) is 0 Å². The van der Waals surface area contributed by atoms with Crippen molar-refractivity contribution in [2.45, 2.75) is 11.4 Å². The summed E-state index contributed by atoms with van der Waals surface area (Å²) in [7, 11) is -2.67. The summed E-state index contributed by atoms with van der Waals surface area (Å²) in [5, 5.41) is 16.0. The third kappa shape index (κ3) is 5.16. The maximum absolute atomic E-state index is 11.9. The second-order valence-electron chi connectivity index (χ2n) is 8.25. The minimum absolute atomic E-state index is 0.145. The van der Waals surface area contributed by atoms with E-state index in [0.29, 0.717) is 29.1 Å². The molecule has 0 saturated carbocycles. The highest BCUT2D eigenvalue weighted by Crippen LogP contribution is 2.32. The van der Waals surface area contributed by atoms with Gasteiger partial charge in [-0.1, -0.05) is 48.5 Å². The van der Waals surface area contributed by atoms with Gasteiger partial charge in [0.15, 0.2) is 11.6 Å². The van der Waals surface area contributed by atoms with Crippen molar-refractivity contribution in [3.05, 3.63) is 90.9 Å². The Balaban J connectivity index is 1.61. The number of fused-ring (bicyclic) bond motifs is 1. The van der Waals surface area contributed by atoms with Gasteiger partial charge >= 0.3 is 6.09 Å². The Morgan fingerprint density at radius 1 is 1.03 bits per heavy atom. The predicted molar refractivity (Wildman–Crippen MR) is 143 cm³/mol. The van der Waals surface area contributed by atoms with E-state index in [-0.39, 0.29) is 10.7 Å². The lowest BCUT2D eigenvalue weighted by Crippen LogP contribution is -2.14. The topological polar surface area (TPSA) is 154 Å². The molecular formula is C26H23N7O4S. The molecule has 5 rings (SSSR count). The molecule has 4 N–H and O–H groups in total. The Morgan fingerprint density at radius 2 is 1.79 bits per heavy atom. The van der Waals surface area contributed by atoms with Crippen molar-refractivity contribution in [3.63, 3.8) is 0 Å². The van der Waals surface area contributed by atoms with Crippen LogP contribution in [0.25, 0.3) is 28.0 Å². The summed E-state index contributed by atoms with van der Waals surface area (Å²) >= 11 is 0. The first-order valence-electron chi connectivity index (χ1n) is 11.4. The van der Waals surface area contributed by atoms with Crippen molar-refractivity contribution in [2.24, 2.45) is 5.14 Å². The first kappa shape index (κ1) is 24.9. The molecule has 0 aliphatic carbocycles. The molecule has 1 amide bonds. The van der Waals surface area contributed by atoms with Crippen LogP contribution in [0.3, 0.4) is 0 Å². The number of primary sulfonamides is 1. The fraction of sp³-hybridized carbons (Fsp3) is 0.0769. The molecule has 38 heavy (non-hydrogen) atoms. The zero-order valence-electron chi connectivity index (χ0n) is 20.2. The minimum Gasteiger partial charge on any atom is -0.453 e. The Labute approximate surface area is 218 Å². The molecule has 192 valence electrons. The van der Waals surface area contributed by atoms with Crippen LogP contribution in [-0.2, 0) is 21.3 Å². The minimum atomic E-state index is -3.97. The van der Waals surface area contributed by atoms with E-state index in [1.54, 1.807) is 16.8 Å². The van der Waals surface area contributed by atoms with E-state index in [4.69, 9.17) is 14.9 Å². The number of aromatic nitrogens is 4. The smallest absolute Gasteiger partial charge is 0.411 e. The summed E-state index contributed by atoms with van der Waals surface area (Å²) in [6.07, 6.45) is 3.86. The first-order chi connectivity index (χ1) is 18.3. The maximum Gasteiger partial charge on any atom is 0.411 e. The number of hydrogen-bond donors (Lipinski definition) is 3. The van der Waals surface area contributed by atoms with Crippen LogP contribution in [0.4, 0.5) is 16.3 Å². The number of nitrogens with one attached hydrogen (secondary N) is 2. The molecular weight excluding hydrogens is 506 g/mol. The molecule has 3 heterocycles. The third-order valence-corrected chi connectivity index (χ3v) is 6.66. The molecule has 0 unspecified atom stereocenters. The standard InChI is InChI=1S/C26H23N7O4S/c1-37-26(34)30-22-10-6-5-9-18(22)15-29-25-23-21(17-7-3-2-4-8-17)11-12-33(23)32-24(31-25)19-13-20(16-28-14-19)38(27,35)36/h2-14,16H,15H2,1H3,(H,30,34)(H2,27,35,36)(H,29,31,32). The average molecular weight is 530 g/mol. The van der Waals surface area contributed by atoms with Gasteiger partial charge in [0.2, 0.25) is 10.0 Å². The van der Waals surface area contributed by atoms with Crippen molar-refractivity contribution in [1.82, 2.24) is 19.6 Å². The number of hydrogen-bond acceptors (Lipinski definition) is 8. The molecule has 0 fully saturated rings. The maximum atomic E-state index is 11.9. The molecule has 0 saturated heterocycles. The second kappa shape index (κ2) is 10.3. The Hall–Kier alpha value is -4.81. The zero-order chi connectivity index (χ0) is 26.7. The number of ether oxygens (including phenoxy) is 1. The van der Waals surface area contributed by atoms with Crippen LogP contribution in [0, 0.1) is 0 Å². The summed E-state index contributed by atoms with van der Waals surface area (Å²) in [6, 6.07) is 20.4. The number of sulfonamides is 1. The quantitative estimate of drug-likeness (QED) is 0.287. The highest BCUT2D eigenvalue weighted by Gasteiger charge is 2.18. The number of benzene rings is 2. The summed E-state index contributed by atoms with van der Waals surface area (Å²) < 4.78 is 30.2. The SMILES string of the molecule is COC(=O)Nc1ccccc1CNc1nc(-c2cncc(S(N)(=O)=O)c2)nn2ccc(-c3ccccc3)c12. The molecule has 0 aliphatic rings. The number of nitrogens with zero attached hydrogens (tertiary/aromatic N) is 4. The van der Waals surface area contributed by atoms with Crippen LogP contribution in [0.5, 0.6) is 0 Å². The lowest BCUT2D eigenvalue weighted by molar-refractivity contribution is 0.187. The number of para-hydroxylation sites is 1. The van der Waals surface area contributed by atoms with Crippen LogP contribution in [-0.4, -0.2) is 41.2 Å². The third-order valence-electron chi connectivity index (χ3n) is 5.78. The van der Waals surface area contributed by atoms with Crippen LogP contribution in [0.1, 0.15) is 5.56 Å².